The minimum atomic E-state index is -0.266. The number of halogens is 2. The van der Waals surface area contributed by atoms with E-state index >= 15 is 0 Å². The molecule has 1 aromatic carbocycles. The van der Waals surface area contributed by atoms with Gasteiger partial charge in [-0.15, -0.1) is 0 Å². The lowest BCUT2D eigenvalue weighted by molar-refractivity contribution is 0.519. The smallest absolute Gasteiger partial charge is 0.193 e. The first kappa shape index (κ1) is 11.0. The molecule has 0 saturated heterocycles. The van der Waals surface area contributed by atoms with E-state index in [9.17, 15) is 4.39 Å². The van der Waals surface area contributed by atoms with Crippen molar-refractivity contribution < 1.29 is 8.81 Å². The van der Waals surface area contributed by atoms with E-state index in [2.05, 4.69) is 5.32 Å². The van der Waals surface area contributed by atoms with Crippen LogP contribution >= 0.6 is 11.6 Å². The molecule has 0 spiro atoms. The molecule has 0 radical (unpaired) electrons. The van der Waals surface area contributed by atoms with E-state index in [4.69, 9.17) is 16.0 Å². The molecule has 2 aromatic rings. The van der Waals surface area contributed by atoms with Gasteiger partial charge >= 0.3 is 0 Å². The Bertz CT molecular complexity index is 475. The Morgan fingerprint density at radius 1 is 1.31 bits per heavy atom. The molecule has 0 fully saturated rings. The van der Waals surface area contributed by atoms with Crippen LogP contribution < -0.4 is 5.32 Å². The summed E-state index contributed by atoms with van der Waals surface area (Å²) in [4.78, 5) is 0. The van der Waals surface area contributed by atoms with Crippen LogP contribution in [0.25, 0.3) is 0 Å². The first-order valence-corrected chi connectivity index (χ1v) is 5.28. The van der Waals surface area contributed by atoms with Crippen molar-refractivity contribution in [2.75, 3.05) is 5.32 Å². The highest BCUT2D eigenvalue weighted by molar-refractivity contribution is 6.28. The summed E-state index contributed by atoms with van der Waals surface area (Å²) in [7, 11) is 0. The first-order valence-electron chi connectivity index (χ1n) is 4.90. The van der Waals surface area contributed by atoms with Crippen molar-refractivity contribution in [3.63, 3.8) is 0 Å². The van der Waals surface area contributed by atoms with Crippen molar-refractivity contribution >= 4 is 17.3 Å². The van der Waals surface area contributed by atoms with Crippen LogP contribution in [0.15, 0.2) is 34.7 Å². The van der Waals surface area contributed by atoms with Crippen LogP contribution in [0, 0.1) is 12.7 Å². The van der Waals surface area contributed by atoms with Gasteiger partial charge in [-0.2, -0.15) is 0 Å². The van der Waals surface area contributed by atoms with E-state index in [1.165, 1.54) is 6.07 Å². The second-order valence-corrected chi connectivity index (χ2v) is 3.86. The number of benzene rings is 1. The molecule has 0 saturated carbocycles. The van der Waals surface area contributed by atoms with Gasteiger partial charge in [0.1, 0.15) is 11.6 Å². The van der Waals surface area contributed by atoms with Crippen LogP contribution in [-0.2, 0) is 6.54 Å². The van der Waals surface area contributed by atoms with Gasteiger partial charge < -0.3 is 9.73 Å². The average Bonchev–Trinajstić information content (AvgIpc) is 2.63. The van der Waals surface area contributed by atoms with E-state index in [0.717, 1.165) is 5.56 Å². The maximum atomic E-state index is 13.4. The molecule has 0 aliphatic rings. The summed E-state index contributed by atoms with van der Waals surface area (Å²) in [5.74, 6) is 0.408. The fraction of sp³-hybridized carbons (Fsp3) is 0.167. The van der Waals surface area contributed by atoms with Gasteiger partial charge in [-0.05, 0) is 42.3 Å². The third-order valence-corrected chi connectivity index (χ3v) is 2.49. The van der Waals surface area contributed by atoms with Crippen molar-refractivity contribution in [2.45, 2.75) is 13.5 Å². The molecular weight excluding hydrogens is 229 g/mol. The fourth-order valence-electron chi connectivity index (χ4n) is 1.48. The van der Waals surface area contributed by atoms with Gasteiger partial charge in [0.05, 0.1) is 12.2 Å². The third kappa shape index (κ3) is 2.36. The van der Waals surface area contributed by atoms with Gasteiger partial charge in [0, 0.05) is 0 Å². The highest BCUT2D eigenvalue weighted by Gasteiger charge is 2.05. The van der Waals surface area contributed by atoms with Crippen molar-refractivity contribution in [3.8, 4) is 0 Å². The second kappa shape index (κ2) is 4.58. The second-order valence-electron chi connectivity index (χ2n) is 3.49. The van der Waals surface area contributed by atoms with Crippen LogP contribution in [0.4, 0.5) is 10.1 Å². The number of rotatable bonds is 3. The summed E-state index contributed by atoms with van der Waals surface area (Å²) in [6.07, 6.45) is 0. The molecule has 2 nitrogen and oxygen atoms in total. The highest BCUT2D eigenvalue weighted by Crippen LogP contribution is 2.20. The fourth-order valence-corrected chi connectivity index (χ4v) is 1.64. The molecule has 4 heteroatoms. The average molecular weight is 240 g/mol. The zero-order valence-electron chi connectivity index (χ0n) is 8.76. The topological polar surface area (TPSA) is 25.2 Å². The minimum absolute atomic E-state index is 0.266. The molecule has 1 heterocycles. The van der Waals surface area contributed by atoms with Crippen molar-refractivity contribution in [1.82, 2.24) is 0 Å². The monoisotopic (exact) mass is 239 g/mol. The van der Waals surface area contributed by atoms with Crippen LogP contribution in [-0.4, -0.2) is 0 Å². The molecule has 0 atom stereocenters. The number of para-hydroxylation sites is 1. The number of nitrogens with one attached hydrogen (secondary N) is 1. The Hall–Kier alpha value is -1.48. The normalized spacial score (nSPS) is 10.4. The van der Waals surface area contributed by atoms with Crippen molar-refractivity contribution in [3.05, 3.63) is 52.7 Å². The lowest BCUT2D eigenvalue weighted by Crippen LogP contribution is -2.02. The quantitative estimate of drug-likeness (QED) is 0.876. The van der Waals surface area contributed by atoms with E-state index in [1.54, 1.807) is 18.2 Å². The summed E-state index contributed by atoms with van der Waals surface area (Å²) in [5.41, 5.74) is 1.35. The Balaban J connectivity index is 2.10. The summed E-state index contributed by atoms with van der Waals surface area (Å²) in [6, 6.07) is 8.36. The van der Waals surface area contributed by atoms with E-state index in [-0.39, 0.29) is 5.82 Å². The van der Waals surface area contributed by atoms with E-state index in [1.807, 2.05) is 13.0 Å². The Labute approximate surface area is 98.0 Å². The summed E-state index contributed by atoms with van der Waals surface area (Å²) < 4.78 is 18.6. The highest BCUT2D eigenvalue weighted by atomic mass is 35.5. The molecule has 0 aliphatic heterocycles. The molecular formula is C12H11ClFNO. The summed E-state index contributed by atoms with van der Waals surface area (Å²) in [6.45, 7) is 2.26. The molecule has 2 rings (SSSR count). The van der Waals surface area contributed by atoms with Gasteiger partial charge in [0.25, 0.3) is 0 Å². The lowest BCUT2D eigenvalue weighted by Gasteiger charge is -2.08. The number of hydrogen-bond donors (Lipinski definition) is 1. The van der Waals surface area contributed by atoms with Crippen LogP contribution in [0.1, 0.15) is 11.3 Å². The standard InChI is InChI=1S/C12H11ClFNO/c1-8-3-2-4-10(14)12(8)15-7-9-5-6-11(13)16-9/h2-6,15H,7H2,1H3. The van der Waals surface area contributed by atoms with Gasteiger partial charge in [-0.3, -0.25) is 0 Å². The molecule has 0 amide bonds. The maximum Gasteiger partial charge on any atom is 0.193 e. The van der Waals surface area contributed by atoms with Gasteiger partial charge in [0.2, 0.25) is 0 Å². The number of anilines is 1. The van der Waals surface area contributed by atoms with Crippen molar-refractivity contribution in [2.24, 2.45) is 0 Å². The van der Waals surface area contributed by atoms with Crippen LogP contribution in [0.3, 0.4) is 0 Å². The Morgan fingerprint density at radius 2 is 2.12 bits per heavy atom. The summed E-state index contributed by atoms with van der Waals surface area (Å²) in [5, 5.41) is 3.32. The maximum absolute atomic E-state index is 13.4. The third-order valence-electron chi connectivity index (χ3n) is 2.29. The molecule has 1 N–H and O–H groups in total. The summed E-state index contributed by atoms with van der Waals surface area (Å²) >= 11 is 5.64. The van der Waals surface area contributed by atoms with Gasteiger partial charge in [-0.25, -0.2) is 4.39 Å². The molecule has 84 valence electrons. The Kier molecular flexibility index (Phi) is 3.15. The molecule has 0 bridgehead atoms. The first-order chi connectivity index (χ1) is 7.66. The zero-order valence-corrected chi connectivity index (χ0v) is 9.51. The van der Waals surface area contributed by atoms with Gasteiger partial charge in [0.15, 0.2) is 5.22 Å². The minimum Gasteiger partial charge on any atom is -0.448 e. The number of furan rings is 1. The van der Waals surface area contributed by atoms with Crippen molar-refractivity contribution in [1.29, 1.82) is 0 Å². The molecule has 16 heavy (non-hydrogen) atoms. The largest absolute Gasteiger partial charge is 0.448 e. The van der Waals surface area contributed by atoms with Crippen LogP contribution in [0.5, 0.6) is 0 Å². The molecule has 0 unspecified atom stereocenters. The van der Waals surface area contributed by atoms with E-state index < -0.39 is 0 Å². The van der Waals surface area contributed by atoms with Gasteiger partial charge in [-0.1, -0.05) is 12.1 Å². The molecule has 1 aromatic heterocycles. The molecule has 0 aliphatic carbocycles. The van der Waals surface area contributed by atoms with E-state index in [0.29, 0.717) is 23.2 Å². The predicted octanol–water partition coefficient (Wildman–Crippen LogP) is 3.99. The Morgan fingerprint density at radius 3 is 2.75 bits per heavy atom. The predicted molar refractivity (Wildman–Crippen MR) is 62.2 cm³/mol. The number of hydrogen-bond acceptors (Lipinski definition) is 2. The lowest BCUT2D eigenvalue weighted by atomic mass is 10.2. The number of aryl methyl sites for hydroxylation is 1. The SMILES string of the molecule is Cc1cccc(F)c1NCc1ccc(Cl)o1. The zero-order chi connectivity index (χ0) is 11.5. The van der Waals surface area contributed by atoms with Crippen LogP contribution in [0.2, 0.25) is 5.22 Å².